The van der Waals surface area contributed by atoms with Crippen LogP contribution in [0.1, 0.15) is 30.5 Å². The van der Waals surface area contributed by atoms with Crippen molar-refractivity contribution in [2.45, 2.75) is 25.8 Å². The van der Waals surface area contributed by atoms with E-state index in [0.29, 0.717) is 24.4 Å². The molecule has 2 heterocycles. The minimum atomic E-state index is -0.343. The first-order valence-corrected chi connectivity index (χ1v) is 8.06. The van der Waals surface area contributed by atoms with Crippen LogP contribution in [0.3, 0.4) is 0 Å². The normalized spacial score (nSPS) is 14.1. The van der Waals surface area contributed by atoms with E-state index in [9.17, 15) is 9.59 Å². The average Bonchev–Trinajstić information content (AvgIpc) is 2.61. The van der Waals surface area contributed by atoms with E-state index in [1.165, 1.54) is 7.11 Å². The molecule has 0 saturated carbocycles. The van der Waals surface area contributed by atoms with Crippen molar-refractivity contribution in [2.24, 2.45) is 0 Å². The highest BCUT2D eigenvalue weighted by molar-refractivity contribution is 5.94. The van der Waals surface area contributed by atoms with E-state index in [4.69, 9.17) is 4.74 Å². The number of methoxy groups -OCH3 is 1. The molecule has 1 aliphatic heterocycles. The van der Waals surface area contributed by atoms with Crippen LogP contribution in [0.25, 0.3) is 0 Å². The van der Waals surface area contributed by atoms with Crippen LogP contribution in [0.5, 0.6) is 5.88 Å². The van der Waals surface area contributed by atoms with Crippen molar-refractivity contribution in [3.05, 3.63) is 47.7 Å². The van der Waals surface area contributed by atoms with Crippen molar-refractivity contribution in [2.75, 3.05) is 17.7 Å². The van der Waals surface area contributed by atoms with E-state index in [1.54, 1.807) is 18.3 Å². The topological polar surface area (TPSA) is 92.3 Å². The smallest absolute Gasteiger partial charge is 0.319 e. The zero-order valence-electron chi connectivity index (χ0n) is 14.1. The fourth-order valence-corrected chi connectivity index (χ4v) is 2.76. The summed E-state index contributed by atoms with van der Waals surface area (Å²) in [5.41, 5.74) is 3.41. The first kappa shape index (κ1) is 16.8. The number of nitrogens with one attached hydrogen (secondary N) is 3. The maximum absolute atomic E-state index is 12.2. The standard InChI is InChI=1S/C18H20N4O3/c1-11(12-5-7-14-13(10-12)6-8-16(23)21-14)20-18(24)22-15-4-3-9-19-17(15)25-2/h3-5,7,9-11H,6,8H2,1-2H3,(H,21,23)(H2,20,22,24). The monoisotopic (exact) mass is 340 g/mol. The molecule has 1 atom stereocenters. The van der Waals surface area contributed by atoms with Gasteiger partial charge in [0.25, 0.3) is 0 Å². The summed E-state index contributed by atoms with van der Waals surface area (Å²) < 4.78 is 5.12. The Morgan fingerprint density at radius 2 is 2.16 bits per heavy atom. The third-order valence-corrected chi connectivity index (χ3v) is 4.09. The Labute approximate surface area is 145 Å². The van der Waals surface area contributed by atoms with E-state index in [1.807, 2.05) is 25.1 Å². The van der Waals surface area contributed by atoms with Crippen LogP contribution in [0.4, 0.5) is 16.2 Å². The van der Waals surface area contributed by atoms with E-state index in [2.05, 4.69) is 20.9 Å². The molecule has 1 aliphatic rings. The SMILES string of the molecule is COc1ncccc1NC(=O)NC(C)c1ccc2c(c1)CCC(=O)N2. The predicted molar refractivity (Wildman–Crippen MR) is 94.8 cm³/mol. The van der Waals surface area contributed by atoms with Gasteiger partial charge in [-0.1, -0.05) is 12.1 Å². The molecule has 130 valence electrons. The first-order valence-electron chi connectivity index (χ1n) is 8.06. The number of hydrogen-bond donors (Lipinski definition) is 3. The predicted octanol–water partition coefficient (Wildman–Crippen LogP) is 2.86. The van der Waals surface area contributed by atoms with Gasteiger partial charge in [-0.25, -0.2) is 9.78 Å². The number of pyridine rings is 1. The first-order chi connectivity index (χ1) is 12.1. The molecule has 0 bridgehead atoms. The molecule has 0 radical (unpaired) electrons. The van der Waals surface area contributed by atoms with Crippen LogP contribution >= 0.6 is 0 Å². The Morgan fingerprint density at radius 3 is 2.96 bits per heavy atom. The molecule has 2 aromatic rings. The molecule has 0 spiro atoms. The number of aryl methyl sites for hydroxylation is 1. The van der Waals surface area contributed by atoms with Gasteiger partial charge in [0.1, 0.15) is 5.69 Å². The van der Waals surface area contributed by atoms with Crippen LogP contribution in [0.2, 0.25) is 0 Å². The second kappa shape index (κ2) is 7.21. The summed E-state index contributed by atoms with van der Waals surface area (Å²) in [4.78, 5) is 27.7. The summed E-state index contributed by atoms with van der Waals surface area (Å²) in [6, 6.07) is 8.71. The van der Waals surface area contributed by atoms with E-state index >= 15 is 0 Å². The lowest BCUT2D eigenvalue weighted by Crippen LogP contribution is -2.31. The van der Waals surface area contributed by atoms with E-state index < -0.39 is 0 Å². The highest BCUT2D eigenvalue weighted by Gasteiger charge is 2.17. The lowest BCUT2D eigenvalue weighted by Gasteiger charge is -2.20. The van der Waals surface area contributed by atoms with Gasteiger partial charge in [0.05, 0.1) is 13.2 Å². The van der Waals surface area contributed by atoms with Crippen molar-refractivity contribution in [1.82, 2.24) is 10.3 Å². The average molecular weight is 340 g/mol. The fourth-order valence-electron chi connectivity index (χ4n) is 2.76. The number of carbonyl (C=O) groups excluding carboxylic acids is 2. The second-order valence-corrected chi connectivity index (χ2v) is 5.85. The van der Waals surface area contributed by atoms with Crippen molar-refractivity contribution in [3.63, 3.8) is 0 Å². The molecule has 1 aromatic carbocycles. The number of benzene rings is 1. The molecule has 0 saturated heterocycles. The van der Waals surface area contributed by atoms with Crippen LogP contribution in [0, 0.1) is 0 Å². The second-order valence-electron chi connectivity index (χ2n) is 5.85. The molecule has 1 aromatic heterocycles. The van der Waals surface area contributed by atoms with Gasteiger partial charge in [0.2, 0.25) is 11.8 Å². The fraction of sp³-hybridized carbons (Fsp3) is 0.278. The van der Waals surface area contributed by atoms with Crippen LogP contribution < -0.4 is 20.7 Å². The minimum Gasteiger partial charge on any atom is -0.480 e. The lowest BCUT2D eigenvalue weighted by atomic mass is 9.98. The third-order valence-electron chi connectivity index (χ3n) is 4.09. The Balaban J connectivity index is 1.66. The number of ether oxygens (including phenoxy) is 1. The molecule has 3 amide bonds. The third kappa shape index (κ3) is 3.88. The quantitative estimate of drug-likeness (QED) is 0.798. The molecule has 0 aliphatic carbocycles. The van der Waals surface area contributed by atoms with Crippen LogP contribution in [0.15, 0.2) is 36.5 Å². The zero-order valence-corrected chi connectivity index (χ0v) is 14.1. The summed E-state index contributed by atoms with van der Waals surface area (Å²) >= 11 is 0. The Morgan fingerprint density at radius 1 is 1.32 bits per heavy atom. The molecule has 0 fully saturated rings. The zero-order chi connectivity index (χ0) is 17.8. The number of carbonyl (C=O) groups is 2. The summed E-state index contributed by atoms with van der Waals surface area (Å²) in [7, 11) is 1.50. The van der Waals surface area contributed by atoms with Gasteiger partial charge in [-0.15, -0.1) is 0 Å². The number of nitrogens with zero attached hydrogens (tertiary/aromatic N) is 1. The molecular weight excluding hydrogens is 320 g/mol. The maximum Gasteiger partial charge on any atom is 0.319 e. The summed E-state index contributed by atoms with van der Waals surface area (Å²) in [5, 5.41) is 8.48. The van der Waals surface area contributed by atoms with Crippen molar-refractivity contribution in [3.8, 4) is 5.88 Å². The van der Waals surface area contributed by atoms with Crippen molar-refractivity contribution in [1.29, 1.82) is 0 Å². The van der Waals surface area contributed by atoms with Gasteiger partial charge in [-0.2, -0.15) is 0 Å². The Bertz CT molecular complexity index is 807. The molecule has 7 nitrogen and oxygen atoms in total. The van der Waals surface area contributed by atoms with Gasteiger partial charge in [-0.3, -0.25) is 4.79 Å². The van der Waals surface area contributed by atoms with Crippen LogP contribution in [-0.2, 0) is 11.2 Å². The van der Waals surface area contributed by atoms with Gasteiger partial charge < -0.3 is 20.7 Å². The lowest BCUT2D eigenvalue weighted by molar-refractivity contribution is -0.116. The van der Waals surface area contributed by atoms with Gasteiger partial charge in [0, 0.05) is 18.3 Å². The number of hydrogen-bond acceptors (Lipinski definition) is 4. The molecular formula is C18H20N4O3. The summed E-state index contributed by atoms with van der Waals surface area (Å²) in [5.74, 6) is 0.394. The minimum absolute atomic E-state index is 0.0382. The Hall–Kier alpha value is -3.09. The van der Waals surface area contributed by atoms with E-state index in [0.717, 1.165) is 16.8 Å². The highest BCUT2D eigenvalue weighted by Crippen LogP contribution is 2.26. The van der Waals surface area contributed by atoms with Gasteiger partial charge in [-0.05, 0) is 42.7 Å². The number of fused-ring (bicyclic) bond motifs is 1. The molecule has 3 N–H and O–H groups in total. The number of urea groups is 1. The largest absolute Gasteiger partial charge is 0.480 e. The molecule has 25 heavy (non-hydrogen) atoms. The number of rotatable bonds is 4. The van der Waals surface area contributed by atoms with Crippen molar-refractivity contribution >= 4 is 23.3 Å². The summed E-state index contributed by atoms with van der Waals surface area (Å²) in [6.45, 7) is 1.91. The number of aromatic nitrogens is 1. The van der Waals surface area contributed by atoms with E-state index in [-0.39, 0.29) is 18.0 Å². The van der Waals surface area contributed by atoms with Gasteiger partial charge in [0.15, 0.2) is 0 Å². The number of anilines is 2. The molecule has 1 unspecified atom stereocenters. The number of amides is 3. The van der Waals surface area contributed by atoms with Crippen LogP contribution in [-0.4, -0.2) is 24.0 Å². The maximum atomic E-state index is 12.2. The molecule has 7 heteroatoms. The van der Waals surface area contributed by atoms with Crippen molar-refractivity contribution < 1.29 is 14.3 Å². The highest BCUT2D eigenvalue weighted by atomic mass is 16.5. The molecule has 3 rings (SSSR count). The Kier molecular flexibility index (Phi) is 4.83. The van der Waals surface area contributed by atoms with Gasteiger partial charge >= 0.3 is 6.03 Å². The summed E-state index contributed by atoms with van der Waals surface area (Å²) in [6.07, 6.45) is 2.79.